The van der Waals surface area contributed by atoms with Gasteiger partial charge in [-0.25, -0.2) is 0 Å². The highest BCUT2D eigenvalue weighted by molar-refractivity contribution is 7.99. The molecule has 2 rings (SSSR count). The van der Waals surface area contributed by atoms with Gasteiger partial charge in [-0.3, -0.25) is 4.79 Å². The lowest BCUT2D eigenvalue weighted by atomic mass is 10.5. The van der Waals surface area contributed by atoms with Crippen molar-refractivity contribution in [2.75, 3.05) is 12.4 Å². The third kappa shape index (κ3) is 3.31. The first-order valence-corrected chi connectivity index (χ1v) is 6.82. The summed E-state index contributed by atoms with van der Waals surface area (Å²) in [4.78, 5) is 12.0. The molecule has 0 radical (unpaired) electrons. The van der Waals surface area contributed by atoms with E-state index < -0.39 is 0 Å². The van der Waals surface area contributed by atoms with Crippen LogP contribution in [0.4, 0.5) is 0 Å². The molecule has 90 valence electrons. The Balaban J connectivity index is 1.93. The molecule has 0 bridgehead atoms. The fourth-order valence-corrected chi connectivity index (χ4v) is 2.30. The van der Waals surface area contributed by atoms with E-state index >= 15 is 0 Å². The standard InChI is InChI=1S/C10H10N2O3S2/c1-2-14-8(13)6-17-10-12-11-9(15-10)7-4-3-5-16-7/h3-5H,2,6H2,1H3. The first kappa shape index (κ1) is 12.1. The number of esters is 1. The van der Waals surface area contributed by atoms with E-state index in [0.717, 1.165) is 4.88 Å². The molecule has 7 heteroatoms. The number of hydrogen-bond donors (Lipinski definition) is 0. The number of aromatic nitrogens is 2. The van der Waals surface area contributed by atoms with Gasteiger partial charge in [0.1, 0.15) is 5.75 Å². The molecule has 0 unspecified atom stereocenters. The zero-order chi connectivity index (χ0) is 12.1. The fourth-order valence-electron chi connectivity index (χ4n) is 1.09. The second-order valence-electron chi connectivity index (χ2n) is 2.94. The van der Waals surface area contributed by atoms with Crippen molar-refractivity contribution in [3.8, 4) is 10.8 Å². The third-order valence-electron chi connectivity index (χ3n) is 1.76. The molecule has 0 aliphatic rings. The average Bonchev–Trinajstić information content (AvgIpc) is 2.97. The topological polar surface area (TPSA) is 65.2 Å². The Morgan fingerprint density at radius 2 is 2.47 bits per heavy atom. The average molecular weight is 270 g/mol. The summed E-state index contributed by atoms with van der Waals surface area (Å²) < 4.78 is 10.2. The first-order chi connectivity index (χ1) is 8.29. The molecule has 5 nitrogen and oxygen atoms in total. The second kappa shape index (κ2) is 5.83. The monoisotopic (exact) mass is 270 g/mol. The van der Waals surface area contributed by atoms with Crippen LogP contribution in [-0.4, -0.2) is 28.5 Å². The van der Waals surface area contributed by atoms with Crippen molar-refractivity contribution < 1.29 is 13.9 Å². The van der Waals surface area contributed by atoms with Crippen molar-refractivity contribution in [2.24, 2.45) is 0 Å². The van der Waals surface area contributed by atoms with Crippen LogP contribution in [0, 0.1) is 0 Å². The summed E-state index contributed by atoms with van der Waals surface area (Å²) in [6.07, 6.45) is 0. The summed E-state index contributed by atoms with van der Waals surface area (Å²) in [5, 5.41) is 10.1. The van der Waals surface area contributed by atoms with Crippen LogP contribution in [0.25, 0.3) is 10.8 Å². The van der Waals surface area contributed by atoms with Crippen LogP contribution in [-0.2, 0) is 9.53 Å². The van der Waals surface area contributed by atoms with Crippen LogP contribution < -0.4 is 0 Å². The maximum absolute atomic E-state index is 11.1. The Morgan fingerprint density at radius 3 is 3.18 bits per heavy atom. The highest BCUT2D eigenvalue weighted by atomic mass is 32.2. The molecule has 0 amide bonds. The van der Waals surface area contributed by atoms with E-state index in [9.17, 15) is 4.79 Å². The predicted molar refractivity (Wildman–Crippen MR) is 65.0 cm³/mol. The van der Waals surface area contributed by atoms with Crippen molar-refractivity contribution in [3.05, 3.63) is 17.5 Å². The minimum Gasteiger partial charge on any atom is -0.465 e. The van der Waals surface area contributed by atoms with Gasteiger partial charge in [0.2, 0.25) is 0 Å². The van der Waals surface area contributed by atoms with E-state index in [2.05, 4.69) is 10.2 Å². The molecule has 0 N–H and O–H groups in total. The number of thioether (sulfide) groups is 1. The lowest BCUT2D eigenvalue weighted by Gasteiger charge is -1.97. The van der Waals surface area contributed by atoms with Gasteiger partial charge in [-0.15, -0.1) is 21.5 Å². The number of ether oxygens (including phenoxy) is 1. The zero-order valence-electron chi connectivity index (χ0n) is 9.08. The number of carbonyl (C=O) groups excluding carboxylic acids is 1. The normalized spacial score (nSPS) is 10.4. The van der Waals surface area contributed by atoms with E-state index in [0.29, 0.717) is 17.7 Å². The van der Waals surface area contributed by atoms with Gasteiger partial charge in [-0.1, -0.05) is 17.8 Å². The third-order valence-corrected chi connectivity index (χ3v) is 3.41. The molecule has 0 aliphatic heterocycles. The van der Waals surface area contributed by atoms with Gasteiger partial charge >= 0.3 is 5.97 Å². The van der Waals surface area contributed by atoms with Gasteiger partial charge < -0.3 is 9.15 Å². The van der Waals surface area contributed by atoms with Gasteiger partial charge in [0, 0.05) is 0 Å². The minimum absolute atomic E-state index is 0.180. The Hall–Kier alpha value is -1.34. The number of thiophene rings is 1. The lowest BCUT2D eigenvalue weighted by molar-refractivity contribution is -0.139. The van der Waals surface area contributed by atoms with Gasteiger partial charge in [-0.2, -0.15) is 0 Å². The van der Waals surface area contributed by atoms with E-state index in [1.165, 1.54) is 23.1 Å². The van der Waals surface area contributed by atoms with Crippen molar-refractivity contribution in [3.63, 3.8) is 0 Å². The molecule has 0 fully saturated rings. The second-order valence-corrected chi connectivity index (χ2v) is 4.82. The van der Waals surface area contributed by atoms with Gasteiger partial charge in [0.05, 0.1) is 11.5 Å². The van der Waals surface area contributed by atoms with Crippen LogP contribution in [0.15, 0.2) is 27.2 Å². The highest BCUT2D eigenvalue weighted by Gasteiger charge is 2.11. The van der Waals surface area contributed by atoms with E-state index in [1.807, 2.05) is 17.5 Å². The smallest absolute Gasteiger partial charge is 0.316 e. The summed E-state index contributed by atoms with van der Waals surface area (Å²) in [6, 6.07) is 3.81. The van der Waals surface area contributed by atoms with E-state index in [4.69, 9.17) is 9.15 Å². The Labute approximate surface area is 106 Å². The van der Waals surface area contributed by atoms with Crippen molar-refractivity contribution >= 4 is 29.1 Å². The van der Waals surface area contributed by atoms with Crippen LogP contribution in [0.1, 0.15) is 6.92 Å². The minimum atomic E-state index is -0.284. The molecule has 0 aliphatic carbocycles. The molecule has 2 heterocycles. The molecule has 2 aromatic rings. The molecular formula is C10H10N2O3S2. The van der Waals surface area contributed by atoms with Gasteiger partial charge in [0.25, 0.3) is 11.1 Å². The van der Waals surface area contributed by atoms with Crippen LogP contribution in [0.2, 0.25) is 0 Å². The van der Waals surface area contributed by atoms with E-state index in [1.54, 1.807) is 6.92 Å². The number of nitrogens with zero attached hydrogens (tertiary/aromatic N) is 2. The Morgan fingerprint density at radius 1 is 1.59 bits per heavy atom. The molecule has 2 aromatic heterocycles. The summed E-state index contributed by atoms with van der Waals surface area (Å²) in [5.74, 6) is 0.375. The van der Waals surface area contributed by atoms with E-state index in [-0.39, 0.29) is 11.7 Å². The molecule has 17 heavy (non-hydrogen) atoms. The molecular weight excluding hydrogens is 260 g/mol. The highest BCUT2D eigenvalue weighted by Crippen LogP contribution is 2.26. The first-order valence-electron chi connectivity index (χ1n) is 4.95. The molecule has 0 atom stereocenters. The largest absolute Gasteiger partial charge is 0.465 e. The lowest BCUT2D eigenvalue weighted by Crippen LogP contribution is -2.06. The zero-order valence-corrected chi connectivity index (χ0v) is 10.7. The number of rotatable bonds is 5. The van der Waals surface area contributed by atoms with Crippen molar-refractivity contribution in [1.82, 2.24) is 10.2 Å². The quantitative estimate of drug-likeness (QED) is 0.614. The summed E-state index contributed by atoms with van der Waals surface area (Å²) in [6.45, 7) is 2.15. The predicted octanol–water partition coefficient (Wildman–Crippen LogP) is 2.45. The summed E-state index contributed by atoms with van der Waals surface area (Å²) in [7, 11) is 0. The fraction of sp³-hybridized carbons (Fsp3) is 0.300. The number of hydrogen-bond acceptors (Lipinski definition) is 7. The molecule has 0 aromatic carbocycles. The molecule has 0 spiro atoms. The van der Waals surface area contributed by atoms with Crippen LogP contribution in [0.3, 0.4) is 0 Å². The van der Waals surface area contributed by atoms with Gasteiger partial charge in [0.15, 0.2) is 0 Å². The summed E-state index contributed by atoms with van der Waals surface area (Å²) >= 11 is 2.70. The maximum atomic E-state index is 11.1. The molecule has 0 saturated carbocycles. The number of carbonyl (C=O) groups is 1. The van der Waals surface area contributed by atoms with Crippen LogP contribution in [0.5, 0.6) is 0 Å². The van der Waals surface area contributed by atoms with Gasteiger partial charge in [-0.05, 0) is 18.4 Å². The van der Waals surface area contributed by atoms with Crippen LogP contribution >= 0.6 is 23.1 Å². The van der Waals surface area contributed by atoms with Crippen molar-refractivity contribution in [1.29, 1.82) is 0 Å². The Bertz CT molecular complexity index is 481. The Kier molecular flexibility index (Phi) is 4.16. The molecule has 0 saturated heterocycles. The summed E-state index contributed by atoms with van der Waals surface area (Å²) in [5.41, 5.74) is 0. The maximum Gasteiger partial charge on any atom is 0.316 e. The van der Waals surface area contributed by atoms with Crippen molar-refractivity contribution in [2.45, 2.75) is 12.1 Å². The SMILES string of the molecule is CCOC(=O)CSc1nnc(-c2cccs2)o1.